The van der Waals surface area contributed by atoms with E-state index in [4.69, 9.17) is 4.74 Å². The Balaban J connectivity index is 1.67. The van der Waals surface area contributed by atoms with Gasteiger partial charge in [-0.3, -0.25) is 4.79 Å². The maximum absolute atomic E-state index is 12.2. The molecule has 1 aliphatic rings. The maximum Gasteiger partial charge on any atom is 0.416 e. The first kappa shape index (κ1) is 17.2. The first-order valence-electron chi connectivity index (χ1n) is 8.62. The summed E-state index contributed by atoms with van der Waals surface area (Å²) in [5, 5.41) is 2.05. The first-order valence-corrected chi connectivity index (χ1v) is 9.50. The third kappa shape index (κ3) is 3.68. The molecule has 0 spiro atoms. The molecule has 4 nitrogen and oxygen atoms in total. The van der Waals surface area contributed by atoms with Gasteiger partial charge in [-0.1, -0.05) is 48.5 Å². The molecule has 2 heterocycles. The number of amides is 2. The number of hydrogen-bond acceptors (Lipinski definition) is 4. The van der Waals surface area contributed by atoms with Gasteiger partial charge in [0, 0.05) is 16.5 Å². The number of hydrogen-bond donors (Lipinski definition) is 0. The summed E-state index contributed by atoms with van der Waals surface area (Å²) in [6, 6.07) is 20.5. The Morgan fingerprint density at radius 3 is 2.59 bits per heavy atom. The predicted molar refractivity (Wildman–Crippen MR) is 107 cm³/mol. The molecule has 0 N–H and O–H groups in total. The highest BCUT2D eigenvalue weighted by molar-refractivity contribution is 7.13. The largest absolute Gasteiger partial charge is 0.447 e. The fraction of sp³-hybridized carbons (Fsp3) is 0.0909. The molecule has 0 bridgehead atoms. The third-order valence-corrected chi connectivity index (χ3v) is 5.26. The summed E-state index contributed by atoms with van der Waals surface area (Å²) in [6.45, 7) is 0.558. The summed E-state index contributed by atoms with van der Waals surface area (Å²) in [5.74, 6) is -0.359. The Kier molecular flexibility index (Phi) is 4.85. The number of carbonyl (C=O) groups excluding carboxylic acids is 2. The van der Waals surface area contributed by atoms with Gasteiger partial charge in [-0.25, -0.2) is 9.69 Å². The van der Waals surface area contributed by atoms with Crippen LogP contribution in [0.15, 0.2) is 72.1 Å². The summed E-state index contributed by atoms with van der Waals surface area (Å²) < 4.78 is 4.81. The number of thiophene rings is 1. The summed E-state index contributed by atoms with van der Waals surface area (Å²) in [4.78, 5) is 25.9. The molecule has 2 amide bonds. The standard InChI is InChI=1S/C22H17NO3S/c24-21(23-12-13-26-22(23)25)11-9-16-8-10-18(17-5-2-1-3-6-17)19(15-16)20-7-4-14-27-20/h1-11,14-15H,12-13H2/b11-9+. The highest BCUT2D eigenvalue weighted by Crippen LogP contribution is 2.35. The van der Waals surface area contributed by atoms with E-state index < -0.39 is 6.09 Å². The third-order valence-electron chi connectivity index (χ3n) is 4.36. The summed E-state index contributed by atoms with van der Waals surface area (Å²) in [6.07, 6.45) is 2.57. The molecular formula is C22H17NO3S. The van der Waals surface area contributed by atoms with Crippen molar-refractivity contribution in [2.45, 2.75) is 0 Å². The zero-order chi connectivity index (χ0) is 18.6. The molecule has 0 radical (unpaired) electrons. The zero-order valence-electron chi connectivity index (χ0n) is 14.5. The number of benzene rings is 2. The number of cyclic esters (lactones) is 1. The molecule has 0 aliphatic carbocycles. The fourth-order valence-corrected chi connectivity index (χ4v) is 3.78. The molecule has 1 aliphatic heterocycles. The van der Waals surface area contributed by atoms with Crippen molar-refractivity contribution < 1.29 is 14.3 Å². The second kappa shape index (κ2) is 7.60. The Morgan fingerprint density at radius 1 is 1.04 bits per heavy atom. The lowest BCUT2D eigenvalue weighted by Crippen LogP contribution is -2.29. The Morgan fingerprint density at radius 2 is 1.89 bits per heavy atom. The van der Waals surface area contributed by atoms with Gasteiger partial charge in [-0.15, -0.1) is 11.3 Å². The van der Waals surface area contributed by atoms with E-state index >= 15 is 0 Å². The van der Waals surface area contributed by atoms with Crippen LogP contribution in [0.5, 0.6) is 0 Å². The van der Waals surface area contributed by atoms with Crippen molar-refractivity contribution in [2.24, 2.45) is 0 Å². The van der Waals surface area contributed by atoms with Gasteiger partial charge in [0.15, 0.2) is 0 Å². The molecule has 4 rings (SSSR count). The van der Waals surface area contributed by atoms with Crippen molar-refractivity contribution in [1.29, 1.82) is 0 Å². The maximum atomic E-state index is 12.2. The summed E-state index contributed by atoms with van der Waals surface area (Å²) in [5.41, 5.74) is 4.31. The Labute approximate surface area is 161 Å². The van der Waals surface area contributed by atoms with Gasteiger partial charge in [-0.2, -0.15) is 0 Å². The quantitative estimate of drug-likeness (QED) is 0.598. The molecule has 3 aromatic rings. The van der Waals surface area contributed by atoms with E-state index in [2.05, 4.69) is 35.7 Å². The zero-order valence-corrected chi connectivity index (χ0v) is 15.3. The van der Waals surface area contributed by atoms with E-state index in [0.29, 0.717) is 6.54 Å². The van der Waals surface area contributed by atoms with Crippen molar-refractivity contribution in [3.8, 4) is 21.6 Å². The molecule has 27 heavy (non-hydrogen) atoms. The monoisotopic (exact) mass is 375 g/mol. The van der Waals surface area contributed by atoms with Crippen molar-refractivity contribution in [3.05, 3.63) is 77.7 Å². The summed E-state index contributed by atoms with van der Waals surface area (Å²) >= 11 is 1.68. The molecule has 1 aromatic heterocycles. The van der Waals surface area contributed by atoms with Crippen LogP contribution in [0, 0.1) is 0 Å². The molecule has 1 fully saturated rings. The van der Waals surface area contributed by atoms with Gasteiger partial charge >= 0.3 is 6.09 Å². The molecular weight excluding hydrogens is 358 g/mol. The molecule has 0 atom stereocenters. The minimum Gasteiger partial charge on any atom is -0.447 e. The number of nitrogens with zero attached hydrogens (tertiary/aromatic N) is 1. The molecule has 1 saturated heterocycles. The van der Waals surface area contributed by atoms with E-state index in [1.54, 1.807) is 17.4 Å². The van der Waals surface area contributed by atoms with E-state index in [9.17, 15) is 9.59 Å². The van der Waals surface area contributed by atoms with Gasteiger partial charge in [0.2, 0.25) is 0 Å². The SMILES string of the molecule is O=C(/C=C/c1ccc(-c2ccccc2)c(-c2cccs2)c1)N1CCOC1=O. The lowest BCUT2D eigenvalue weighted by Gasteiger charge is -2.10. The average molecular weight is 375 g/mol. The molecule has 5 heteroatoms. The van der Waals surface area contributed by atoms with Gasteiger partial charge in [0.1, 0.15) is 6.61 Å². The predicted octanol–water partition coefficient (Wildman–Crippen LogP) is 5.07. The second-order valence-corrected chi connectivity index (χ2v) is 7.03. The van der Waals surface area contributed by atoms with E-state index in [1.165, 1.54) is 11.0 Å². The van der Waals surface area contributed by atoms with Gasteiger partial charge in [0.05, 0.1) is 6.54 Å². The van der Waals surface area contributed by atoms with Crippen LogP contribution in [0.3, 0.4) is 0 Å². The lowest BCUT2D eigenvalue weighted by atomic mass is 9.96. The van der Waals surface area contributed by atoms with E-state index in [1.807, 2.05) is 30.3 Å². The van der Waals surface area contributed by atoms with Crippen LogP contribution in [0.2, 0.25) is 0 Å². The van der Waals surface area contributed by atoms with Gasteiger partial charge in [0.25, 0.3) is 5.91 Å². The van der Waals surface area contributed by atoms with Crippen molar-refractivity contribution in [2.75, 3.05) is 13.2 Å². The van der Waals surface area contributed by atoms with E-state index in [0.717, 1.165) is 27.2 Å². The number of imide groups is 1. The van der Waals surface area contributed by atoms with Crippen LogP contribution in [0.25, 0.3) is 27.6 Å². The molecule has 134 valence electrons. The van der Waals surface area contributed by atoms with Crippen molar-refractivity contribution in [1.82, 2.24) is 4.90 Å². The number of ether oxygens (including phenoxy) is 1. The smallest absolute Gasteiger partial charge is 0.416 e. The summed E-state index contributed by atoms with van der Waals surface area (Å²) in [7, 11) is 0. The van der Waals surface area contributed by atoms with Crippen LogP contribution in [0.4, 0.5) is 4.79 Å². The molecule has 2 aromatic carbocycles. The minimum absolute atomic E-state index is 0.257. The van der Waals surface area contributed by atoms with E-state index in [-0.39, 0.29) is 12.5 Å². The van der Waals surface area contributed by atoms with Crippen LogP contribution in [0.1, 0.15) is 5.56 Å². The normalized spacial score (nSPS) is 13.9. The Bertz CT molecular complexity index is 994. The second-order valence-electron chi connectivity index (χ2n) is 6.09. The van der Waals surface area contributed by atoms with Crippen LogP contribution in [-0.2, 0) is 9.53 Å². The highest BCUT2D eigenvalue weighted by atomic mass is 32.1. The highest BCUT2D eigenvalue weighted by Gasteiger charge is 2.26. The van der Waals surface area contributed by atoms with Crippen LogP contribution < -0.4 is 0 Å². The van der Waals surface area contributed by atoms with Crippen LogP contribution >= 0.6 is 11.3 Å². The van der Waals surface area contributed by atoms with Gasteiger partial charge < -0.3 is 4.74 Å². The van der Waals surface area contributed by atoms with Crippen LogP contribution in [-0.4, -0.2) is 30.1 Å². The Hall–Kier alpha value is -3.18. The molecule has 0 unspecified atom stereocenters. The fourth-order valence-electron chi connectivity index (χ4n) is 3.02. The van der Waals surface area contributed by atoms with Crippen molar-refractivity contribution in [3.63, 3.8) is 0 Å². The average Bonchev–Trinajstić information content (AvgIpc) is 3.38. The topological polar surface area (TPSA) is 46.6 Å². The number of carbonyl (C=O) groups is 2. The number of rotatable bonds is 4. The van der Waals surface area contributed by atoms with Gasteiger partial charge in [-0.05, 0) is 40.3 Å². The first-order chi connectivity index (χ1) is 13.2. The molecule has 0 saturated carbocycles. The van der Waals surface area contributed by atoms with Crippen molar-refractivity contribution >= 4 is 29.4 Å². The lowest BCUT2D eigenvalue weighted by molar-refractivity contribution is -0.122. The minimum atomic E-state index is -0.580.